The number of rotatable bonds is 9. The fourth-order valence-corrected chi connectivity index (χ4v) is 4.49. The Hall–Kier alpha value is -4.25. The number of aliphatic hydroxyl groups is 1. The van der Waals surface area contributed by atoms with Crippen molar-refractivity contribution in [1.82, 2.24) is 9.88 Å². The van der Waals surface area contributed by atoms with Crippen molar-refractivity contribution in [3.05, 3.63) is 60.1 Å². The van der Waals surface area contributed by atoms with Gasteiger partial charge in [-0.15, -0.1) is 0 Å². The van der Waals surface area contributed by atoms with Crippen LogP contribution in [0, 0.1) is 11.3 Å². The van der Waals surface area contributed by atoms with Crippen LogP contribution in [-0.4, -0.2) is 64.3 Å². The molecule has 206 valence electrons. The third-order valence-electron chi connectivity index (χ3n) is 6.43. The van der Waals surface area contributed by atoms with Gasteiger partial charge in [0.05, 0.1) is 23.5 Å². The smallest absolute Gasteiger partial charge is 0.358 e. The van der Waals surface area contributed by atoms with E-state index < -0.39 is 42.2 Å². The lowest BCUT2D eigenvalue weighted by molar-refractivity contribution is -0.175. The van der Waals surface area contributed by atoms with E-state index in [0.717, 1.165) is 0 Å². The number of pyridine rings is 1. The third-order valence-corrected chi connectivity index (χ3v) is 6.43. The number of carbonyl (C=O) groups excluding carboxylic acids is 4. The van der Waals surface area contributed by atoms with Crippen LogP contribution in [0.1, 0.15) is 39.7 Å². The lowest BCUT2D eigenvalue weighted by Crippen LogP contribution is -2.61. The average Bonchev–Trinajstić information content (AvgIpc) is 3.22. The minimum Gasteiger partial charge on any atom is -0.484 e. The predicted molar refractivity (Wildman–Crippen MR) is 139 cm³/mol. The summed E-state index contributed by atoms with van der Waals surface area (Å²) in [6.07, 6.45) is 2.53. The van der Waals surface area contributed by atoms with Gasteiger partial charge in [-0.3, -0.25) is 19.4 Å². The summed E-state index contributed by atoms with van der Waals surface area (Å²) in [4.78, 5) is 55.5. The molecule has 11 heteroatoms. The van der Waals surface area contributed by atoms with E-state index in [1.807, 2.05) is 0 Å². The Labute approximate surface area is 225 Å². The molecule has 2 aliphatic rings. The number of hydrogen-bond acceptors (Lipinski definition) is 9. The monoisotopic (exact) mass is 537 g/mol. The first-order valence-corrected chi connectivity index (χ1v) is 12.5. The number of hydrogen-bond donors (Lipinski definition) is 2. The van der Waals surface area contributed by atoms with Gasteiger partial charge in [0, 0.05) is 18.1 Å². The first kappa shape index (κ1) is 27.8. The first-order valence-electron chi connectivity index (χ1n) is 12.5. The highest BCUT2D eigenvalue weighted by Crippen LogP contribution is 2.47. The number of benzene rings is 1. The first-order chi connectivity index (χ1) is 18.5. The number of carbonyl (C=O) groups is 4. The molecule has 4 rings (SSSR count). The van der Waals surface area contributed by atoms with Crippen LogP contribution >= 0.6 is 0 Å². The molecule has 1 aromatic heterocycles. The van der Waals surface area contributed by atoms with E-state index >= 15 is 0 Å². The van der Waals surface area contributed by atoms with Gasteiger partial charge in [0.1, 0.15) is 11.4 Å². The quantitative estimate of drug-likeness (QED) is 0.280. The highest BCUT2D eigenvalue weighted by molar-refractivity contribution is 6.07. The molecule has 1 aromatic carbocycles. The number of β-lactam (4-membered cyclic amide) rings is 1. The van der Waals surface area contributed by atoms with E-state index in [4.69, 9.17) is 14.2 Å². The topological polar surface area (TPSA) is 144 Å². The fourth-order valence-electron chi connectivity index (χ4n) is 4.49. The second kappa shape index (κ2) is 11.2. The normalized spacial score (nSPS) is 19.1. The van der Waals surface area contributed by atoms with Gasteiger partial charge in [-0.05, 0) is 69.5 Å². The zero-order valence-electron chi connectivity index (χ0n) is 22.2. The van der Waals surface area contributed by atoms with Crippen LogP contribution in [0.4, 0.5) is 5.69 Å². The molecule has 0 aliphatic carbocycles. The molecule has 2 aliphatic heterocycles. The molecule has 2 aromatic rings. The van der Waals surface area contributed by atoms with Crippen LogP contribution in [0.5, 0.6) is 5.75 Å². The number of nitrogens with zero attached hydrogens (tertiary/aromatic N) is 2. The highest BCUT2D eigenvalue weighted by Gasteiger charge is 2.57. The summed E-state index contributed by atoms with van der Waals surface area (Å²) in [5.74, 6) is -2.39. The zero-order chi connectivity index (χ0) is 28.3. The van der Waals surface area contributed by atoms with Gasteiger partial charge in [0.25, 0.3) is 5.91 Å². The maximum Gasteiger partial charge on any atom is 0.358 e. The summed E-state index contributed by atoms with van der Waals surface area (Å²) in [5, 5.41) is 12.8. The van der Waals surface area contributed by atoms with Gasteiger partial charge < -0.3 is 29.5 Å². The maximum atomic E-state index is 13.1. The Morgan fingerprint density at radius 1 is 1.15 bits per heavy atom. The summed E-state index contributed by atoms with van der Waals surface area (Å²) in [6.45, 7) is 5.70. The second-order valence-corrected chi connectivity index (χ2v) is 10.4. The number of esters is 2. The fraction of sp³-hybridized carbons (Fsp3) is 0.393. The van der Waals surface area contributed by atoms with Gasteiger partial charge in [0.15, 0.2) is 6.61 Å². The Kier molecular flexibility index (Phi) is 8.01. The number of amides is 2. The number of anilines is 1. The van der Waals surface area contributed by atoms with Crippen molar-refractivity contribution in [2.45, 2.75) is 46.3 Å². The van der Waals surface area contributed by atoms with Crippen molar-refractivity contribution >= 4 is 35.0 Å². The summed E-state index contributed by atoms with van der Waals surface area (Å²) in [7, 11) is 0. The highest BCUT2D eigenvalue weighted by atomic mass is 16.7. The van der Waals surface area contributed by atoms with Gasteiger partial charge >= 0.3 is 11.9 Å². The minimum absolute atomic E-state index is 0.0290. The second-order valence-electron chi connectivity index (χ2n) is 10.4. The van der Waals surface area contributed by atoms with Gasteiger partial charge in [0.2, 0.25) is 12.7 Å². The Bertz CT molecular complexity index is 1300. The van der Waals surface area contributed by atoms with E-state index in [1.165, 1.54) is 11.8 Å². The third kappa shape index (κ3) is 6.09. The number of ether oxygens (including phenoxy) is 3. The molecule has 2 N–H and O–H groups in total. The van der Waals surface area contributed by atoms with E-state index in [-0.39, 0.29) is 24.1 Å². The number of aromatic nitrogens is 1. The van der Waals surface area contributed by atoms with E-state index in [2.05, 4.69) is 10.3 Å². The van der Waals surface area contributed by atoms with Crippen molar-refractivity contribution in [3.8, 4) is 5.75 Å². The van der Waals surface area contributed by atoms with Crippen LogP contribution < -0.4 is 10.1 Å². The molecular weight excluding hydrogens is 506 g/mol. The predicted octanol–water partition coefficient (Wildman–Crippen LogP) is 2.51. The zero-order valence-corrected chi connectivity index (χ0v) is 22.2. The maximum absolute atomic E-state index is 13.1. The number of nitrogens with one attached hydrogen (secondary N) is 1. The molecule has 1 fully saturated rings. The van der Waals surface area contributed by atoms with Crippen molar-refractivity contribution in [2.75, 3.05) is 18.7 Å². The van der Waals surface area contributed by atoms with Crippen LogP contribution in [0.15, 0.2) is 54.5 Å². The Morgan fingerprint density at radius 2 is 1.87 bits per heavy atom. The molecule has 0 saturated carbocycles. The van der Waals surface area contributed by atoms with Crippen LogP contribution in [0.2, 0.25) is 0 Å². The lowest BCUT2D eigenvalue weighted by atomic mass is 9.82. The Morgan fingerprint density at radius 3 is 2.54 bits per heavy atom. The minimum atomic E-state index is -0.892. The SMILES string of the molecule is C[C@@H](O)[C@H]1C(=O)N2C(C(=O)OCOC(=O)C(C)(C)C)=C(c3cccc(OCC(=O)Nc4ccncc4)c3)C[C@H]12. The molecule has 0 radical (unpaired) electrons. The van der Waals surface area contributed by atoms with Crippen molar-refractivity contribution in [2.24, 2.45) is 11.3 Å². The number of aliphatic hydroxyl groups excluding tert-OH is 1. The summed E-state index contributed by atoms with van der Waals surface area (Å²) in [5.41, 5.74) is 0.952. The van der Waals surface area contributed by atoms with Gasteiger partial charge in [-0.2, -0.15) is 0 Å². The summed E-state index contributed by atoms with van der Waals surface area (Å²) >= 11 is 0. The average molecular weight is 538 g/mol. The van der Waals surface area contributed by atoms with Crippen LogP contribution in [0.25, 0.3) is 5.57 Å². The van der Waals surface area contributed by atoms with E-state index in [1.54, 1.807) is 69.6 Å². The van der Waals surface area contributed by atoms with E-state index in [0.29, 0.717) is 29.0 Å². The molecule has 0 spiro atoms. The molecule has 3 heterocycles. The van der Waals surface area contributed by atoms with Crippen LogP contribution in [-0.2, 0) is 28.7 Å². The number of fused-ring (bicyclic) bond motifs is 1. The largest absolute Gasteiger partial charge is 0.484 e. The van der Waals surface area contributed by atoms with Crippen molar-refractivity contribution in [1.29, 1.82) is 0 Å². The molecule has 1 saturated heterocycles. The molecule has 3 atom stereocenters. The molecular formula is C28H31N3O8. The molecule has 0 bridgehead atoms. The molecule has 11 nitrogen and oxygen atoms in total. The lowest BCUT2D eigenvalue weighted by Gasteiger charge is -2.44. The van der Waals surface area contributed by atoms with Gasteiger partial charge in [-0.25, -0.2) is 4.79 Å². The summed E-state index contributed by atoms with van der Waals surface area (Å²) in [6, 6.07) is 9.68. The summed E-state index contributed by atoms with van der Waals surface area (Å²) < 4.78 is 15.9. The van der Waals surface area contributed by atoms with Crippen molar-refractivity contribution < 1.29 is 38.5 Å². The Balaban J connectivity index is 1.51. The molecule has 39 heavy (non-hydrogen) atoms. The van der Waals surface area contributed by atoms with E-state index in [9.17, 15) is 24.3 Å². The molecule has 0 unspecified atom stereocenters. The van der Waals surface area contributed by atoms with Gasteiger partial charge in [-0.1, -0.05) is 12.1 Å². The standard InChI is InChI=1S/C28H31N3O8/c1-16(32)23-21-13-20(24(31(21)25(23)34)26(35)38-15-39-27(36)28(2,3)4)17-6-5-7-19(12-17)37-14-22(33)30-18-8-10-29-11-9-18/h5-12,16,21,23,32H,13-15H2,1-4H3,(H,29,30,33)/t16-,21-,23-/m1/s1. The van der Waals surface area contributed by atoms with Crippen LogP contribution in [0.3, 0.4) is 0 Å². The molecule has 2 amide bonds. The van der Waals surface area contributed by atoms with Crippen molar-refractivity contribution in [3.63, 3.8) is 0 Å².